The summed E-state index contributed by atoms with van der Waals surface area (Å²) in [7, 11) is 1.52. The Morgan fingerprint density at radius 1 is 1.29 bits per heavy atom. The van der Waals surface area contributed by atoms with Gasteiger partial charge in [-0.2, -0.15) is 18.3 Å². The first-order valence-electron chi connectivity index (χ1n) is 10.5. The van der Waals surface area contributed by atoms with Gasteiger partial charge in [0.25, 0.3) is 0 Å². The van der Waals surface area contributed by atoms with Gasteiger partial charge in [0.2, 0.25) is 0 Å². The highest BCUT2D eigenvalue weighted by atomic mass is 19.4. The van der Waals surface area contributed by atoms with Crippen LogP contribution in [0.3, 0.4) is 0 Å². The minimum atomic E-state index is -4.33. The molecule has 1 heterocycles. The lowest BCUT2D eigenvalue weighted by Gasteiger charge is -2.43. The fourth-order valence-electron chi connectivity index (χ4n) is 4.60. The van der Waals surface area contributed by atoms with E-state index in [0.29, 0.717) is 19.4 Å². The Kier molecular flexibility index (Phi) is 7.35. The second-order valence-corrected chi connectivity index (χ2v) is 8.45. The number of oxime groups is 1. The van der Waals surface area contributed by atoms with Crippen LogP contribution in [0.5, 0.6) is 0 Å². The van der Waals surface area contributed by atoms with Crippen LogP contribution in [0.2, 0.25) is 0 Å². The number of aromatic nitrogens is 3. The summed E-state index contributed by atoms with van der Waals surface area (Å²) in [6.45, 7) is 2.74. The highest BCUT2D eigenvalue weighted by Crippen LogP contribution is 2.44. The molecule has 1 aliphatic carbocycles. The number of halogens is 3. The fraction of sp³-hybridized carbons (Fsp3) is 0.591. The lowest BCUT2D eigenvalue weighted by molar-refractivity contribution is -0.137. The third-order valence-corrected chi connectivity index (χ3v) is 6.39. The maximum absolute atomic E-state index is 12.8. The van der Waals surface area contributed by atoms with E-state index >= 15 is 0 Å². The Balaban J connectivity index is 1.79. The van der Waals surface area contributed by atoms with Crippen molar-refractivity contribution in [3.63, 3.8) is 0 Å². The topological polar surface area (TPSA) is 72.5 Å². The molecule has 31 heavy (non-hydrogen) atoms. The Morgan fingerprint density at radius 3 is 2.61 bits per heavy atom. The Bertz CT molecular complexity index is 853. The molecule has 1 aromatic carbocycles. The highest BCUT2D eigenvalue weighted by molar-refractivity contribution is 5.92. The standard InChI is InChI=1S/C22H29F3N4O2/c1-21(11-12-30)10-9-17(6-3-16-4-7-18(8-5-16)22(23,24)25)19(20(21)28-31-2)13-29-15-26-14-27-29/h4-5,7-8,14-15,17,19,30H,3,6,9-13H2,1-2H3/t17-,19+,21+/m1/s1. The molecule has 3 atom stereocenters. The first-order chi connectivity index (χ1) is 14.8. The first-order valence-corrected chi connectivity index (χ1v) is 10.5. The number of hydrogen-bond acceptors (Lipinski definition) is 5. The summed E-state index contributed by atoms with van der Waals surface area (Å²) in [5, 5.41) is 18.2. The van der Waals surface area contributed by atoms with Gasteiger partial charge in [-0.1, -0.05) is 24.2 Å². The van der Waals surface area contributed by atoms with Crippen molar-refractivity contribution < 1.29 is 23.1 Å². The van der Waals surface area contributed by atoms with Crippen LogP contribution in [-0.2, 0) is 24.0 Å². The zero-order valence-corrected chi connectivity index (χ0v) is 17.8. The molecule has 0 unspecified atom stereocenters. The molecule has 1 N–H and O–H groups in total. The Morgan fingerprint density at radius 2 is 2.03 bits per heavy atom. The SMILES string of the molecule is CON=C1[C@@H](Cn2cncn2)[C@H](CCc2ccc(C(F)(F)F)cc2)CC[C@@]1(C)CCO. The molecule has 0 spiro atoms. The van der Waals surface area contributed by atoms with E-state index in [1.54, 1.807) is 23.1 Å². The summed E-state index contributed by atoms with van der Waals surface area (Å²) in [6, 6.07) is 5.38. The summed E-state index contributed by atoms with van der Waals surface area (Å²) in [5.41, 5.74) is 0.873. The molecule has 3 rings (SSSR count). The number of hydrogen-bond donors (Lipinski definition) is 1. The largest absolute Gasteiger partial charge is 0.416 e. The Labute approximate surface area is 180 Å². The van der Waals surface area contributed by atoms with Crippen molar-refractivity contribution in [3.8, 4) is 0 Å². The molecule has 1 aromatic heterocycles. The molecule has 0 aliphatic heterocycles. The summed E-state index contributed by atoms with van der Waals surface area (Å²) >= 11 is 0. The van der Waals surface area contributed by atoms with Crippen LogP contribution in [0.15, 0.2) is 42.1 Å². The first kappa shape index (κ1) is 23.2. The van der Waals surface area contributed by atoms with Crippen LogP contribution in [0.4, 0.5) is 13.2 Å². The molecule has 2 aromatic rings. The normalized spacial score (nSPS) is 25.7. The number of benzene rings is 1. The molecule has 0 radical (unpaired) electrons. The maximum atomic E-state index is 12.8. The van der Waals surface area contributed by atoms with Crippen LogP contribution in [-0.4, -0.2) is 39.3 Å². The van der Waals surface area contributed by atoms with Crippen LogP contribution in [0, 0.1) is 17.3 Å². The zero-order chi connectivity index (χ0) is 22.5. The van der Waals surface area contributed by atoms with Crippen LogP contribution in [0.1, 0.15) is 43.7 Å². The zero-order valence-electron chi connectivity index (χ0n) is 17.8. The van der Waals surface area contributed by atoms with Crippen molar-refractivity contribution in [3.05, 3.63) is 48.0 Å². The lowest BCUT2D eigenvalue weighted by atomic mass is 9.62. The molecule has 0 bridgehead atoms. The van der Waals surface area contributed by atoms with E-state index in [9.17, 15) is 18.3 Å². The van der Waals surface area contributed by atoms with E-state index in [1.807, 2.05) is 0 Å². The van der Waals surface area contributed by atoms with Crippen LogP contribution < -0.4 is 0 Å². The van der Waals surface area contributed by atoms with Crippen molar-refractivity contribution in [1.29, 1.82) is 0 Å². The van der Waals surface area contributed by atoms with Gasteiger partial charge in [0, 0.05) is 17.9 Å². The lowest BCUT2D eigenvalue weighted by Crippen LogP contribution is -2.45. The Hall–Kier alpha value is -2.42. The van der Waals surface area contributed by atoms with Gasteiger partial charge >= 0.3 is 6.18 Å². The van der Waals surface area contributed by atoms with Gasteiger partial charge < -0.3 is 9.94 Å². The molecule has 6 nitrogen and oxygen atoms in total. The number of rotatable bonds is 8. The van der Waals surface area contributed by atoms with Gasteiger partial charge in [-0.3, -0.25) is 4.68 Å². The predicted molar refractivity (Wildman–Crippen MR) is 110 cm³/mol. The number of aliphatic hydroxyl groups excluding tert-OH is 1. The van der Waals surface area contributed by atoms with E-state index in [4.69, 9.17) is 4.84 Å². The minimum absolute atomic E-state index is 0.0291. The average Bonchev–Trinajstić information content (AvgIpc) is 3.23. The number of alkyl halides is 3. The van der Waals surface area contributed by atoms with E-state index in [-0.39, 0.29) is 23.9 Å². The molecule has 9 heteroatoms. The van der Waals surface area contributed by atoms with Gasteiger partial charge in [0.05, 0.1) is 17.8 Å². The monoisotopic (exact) mass is 438 g/mol. The van der Waals surface area contributed by atoms with Gasteiger partial charge in [-0.25, -0.2) is 4.98 Å². The fourth-order valence-corrected chi connectivity index (χ4v) is 4.60. The second kappa shape index (κ2) is 9.80. The van der Waals surface area contributed by atoms with Crippen molar-refractivity contribution in [2.45, 2.75) is 51.7 Å². The van der Waals surface area contributed by atoms with Crippen LogP contribution >= 0.6 is 0 Å². The molecule has 0 amide bonds. The molecule has 170 valence electrons. The summed E-state index contributed by atoms with van der Waals surface area (Å²) < 4.78 is 40.2. The second-order valence-electron chi connectivity index (χ2n) is 8.45. The molecular formula is C22H29F3N4O2. The average molecular weight is 438 g/mol. The van der Waals surface area contributed by atoms with E-state index < -0.39 is 11.7 Å². The summed E-state index contributed by atoms with van der Waals surface area (Å²) in [5.74, 6) is 0.286. The van der Waals surface area contributed by atoms with Crippen molar-refractivity contribution in [1.82, 2.24) is 14.8 Å². The minimum Gasteiger partial charge on any atom is -0.399 e. The molecule has 1 fully saturated rings. The third-order valence-electron chi connectivity index (χ3n) is 6.39. The summed E-state index contributed by atoms with van der Waals surface area (Å²) in [6.07, 6.45) is 2.69. The molecule has 0 saturated heterocycles. The number of nitrogens with zero attached hydrogens (tertiary/aromatic N) is 4. The van der Waals surface area contributed by atoms with Gasteiger partial charge in [0.15, 0.2) is 0 Å². The summed E-state index contributed by atoms with van der Waals surface area (Å²) in [4.78, 5) is 9.21. The van der Waals surface area contributed by atoms with E-state index in [2.05, 4.69) is 22.2 Å². The smallest absolute Gasteiger partial charge is 0.399 e. The van der Waals surface area contributed by atoms with Gasteiger partial charge in [-0.15, -0.1) is 0 Å². The van der Waals surface area contributed by atoms with Gasteiger partial charge in [-0.05, 0) is 55.7 Å². The predicted octanol–water partition coefficient (Wildman–Crippen LogP) is 4.35. The van der Waals surface area contributed by atoms with Crippen molar-refractivity contribution in [2.24, 2.45) is 22.4 Å². The van der Waals surface area contributed by atoms with Crippen molar-refractivity contribution >= 4 is 5.71 Å². The molecular weight excluding hydrogens is 409 g/mol. The molecule has 1 saturated carbocycles. The van der Waals surface area contributed by atoms with Crippen molar-refractivity contribution in [2.75, 3.05) is 13.7 Å². The maximum Gasteiger partial charge on any atom is 0.416 e. The highest BCUT2D eigenvalue weighted by Gasteiger charge is 2.44. The van der Waals surface area contributed by atoms with Crippen LogP contribution in [0.25, 0.3) is 0 Å². The quantitative estimate of drug-likeness (QED) is 0.622. The molecule has 1 aliphatic rings. The number of aliphatic hydroxyl groups is 1. The third kappa shape index (κ3) is 5.64. The van der Waals surface area contributed by atoms with E-state index in [1.165, 1.54) is 13.4 Å². The van der Waals surface area contributed by atoms with Gasteiger partial charge in [0.1, 0.15) is 19.8 Å². The van der Waals surface area contributed by atoms with E-state index in [0.717, 1.165) is 42.7 Å². The number of aryl methyl sites for hydroxylation is 1.